The molecule has 1 N–H and O–H groups in total. The molecular formula is C9H16N2O4. The normalized spacial score (nSPS) is 9.27. The largest absolute Gasteiger partial charge is 0.462 e. The van der Waals surface area contributed by atoms with Crippen molar-refractivity contribution < 1.29 is 19.1 Å². The molecule has 2 amide bonds. The molecule has 0 fully saturated rings. The summed E-state index contributed by atoms with van der Waals surface area (Å²) in [4.78, 5) is 34.6. The molecule has 0 unspecified atom stereocenters. The number of carbonyl (C=O) groups excluding carboxylic acids is 3. The second kappa shape index (κ2) is 6.80. The zero-order valence-electron chi connectivity index (χ0n) is 9.20. The van der Waals surface area contributed by atoms with Crippen LogP contribution in [-0.2, 0) is 19.1 Å². The van der Waals surface area contributed by atoms with Gasteiger partial charge in [0.1, 0.15) is 6.54 Å². The summed E-state index contributed by atoms with van der Waals surface area (Å²) in [7, 11) is 2.60. The molecule has 0 bridgehead atoms. The van der Waals surface area contributed by atoms with Crippen molar-refractivity contribution in [1.82, 2.24) is 10.2 Å². The highest BCUT2D eigenvalue weighted by Crippen LogP contribution is 1.94. The molecule has 0 heterocycles. The third kappa shape index (κ3) is 4.44. The lowest BCUT2D eigenvalue weighted by Gasteiger charge is -2.19. The average Bonchev–Trinajstić information content (AvgIpc) is 2.26. The van der Waals surface area contributed by atoms with Crippen molar-refractivity contribution >= 4 is 17.8 Å². The monoisotopic (exact) mass is 216 g/mol. The molecule has 0 atom stereocenters. The Morgan fingerprint density at radius 1 is 1.33 bits per heavy atom. The first kappa shape index (κ1) is 13.4. The summed E-state index contributed by atoms with van der Waals surface area (Å²) in [5.41, 5.74) is 0. The molecule has 0 saturated heterocycles. The Morgan fingerprint density at radius 2 is 1.93 bits per heavy atom. The van der Waals surface area contributed by atoms with Crippen LogP contribution in [0.5, 0.6) is 0 Å². The summed E-state index contributed by atoms with van der Waals surface area (Å²) in [6.45, 7) is 2.07. The predicted octanol–water partition coefficient (Wildman–Crippen LogP) is -0.856. The van der Waals surface area contributed by atoms with Crippen LogP contribution in [0.4, 0.5) is 0 Å². The third-order valence-corrected chi connectivity index (χ3v) is 1.75. The van der Waals surface area contributed by atoms with Crippen LogP contribution in [0.1, 0.15) is 13.3 Å². The van der Waals surface area contributed by atoms with Crippen molar-refractivity contribution in [2.75, 3.05) is 27.2 Å². The van der Waals surface area contributed by atoms with Gasteiger partial charge in [-0.05, 0) is 6.42 Å². The minimum Gasteiger partial charge on any atom is -0.462 e. The minimum atomic E-state index is -0.952. The van der Waals surface area contributed by atoms with Crippen molar-refractivity contribution in [2.24, 2.45) is 0 Å². The van der Waals surface area contributed by atoms with Crippen molar-refractivity contribution in [2.45, 2.75) is 13.3 Å². The number of carbonyl (C=O) groups is 3. The molecule has 0 rings (SSSR count). The Bertz CT molecular complexity index is 252. The van der Waals surface area contributed by atoms with Gasteiger partial charge >= 0.3 is 11.9 Å². The summed E-state index contributed by atoms with van der Waals surface area (Å²) in [6, 6.07) is 0. The number of amides is 2. The van der Waals surface area contributed by atoms with E-state index < -0.39 is 11.9 Å². The van der Waals surface area contributed by atoms with E-state index in [1.165, 1.54) is 7.05 Å². The first-order valence-electron chi connectivity index (χ1n) is 4.64. The Kier molecular flexibility index (Phi) is 6.08. The van der Waals surface area contributed by atoms with Crippen molar-refractivity contribution in [1.29, 1.82) is 0 Å². The quantitative estimate of drug-likeness (QED) is 0.490. The Hall–Kier alpha value is -1.59. The number of hydrogen-bond acceptors (Lipinski definition) is 4. The lowest BCUT2D eigenvalue weighted by atomic mass is 10.3. The van der Waals surface area contributed by atoms with Gasteiger partial charge in [-0.15, -0.1) is 0 Å². The molecule has 0 aliphatic rings. The van der Waals surface area contributed by atoms with Crippen LogP contribution in [0.15, 0.2) is 0 Å². The van der Waals surface area contributed by atoms with E-state index in [2.05, 4.69) is 10.1 Å². The van der Waals surface area contributed by atoms with E-state index in [9.17, 15) is 14.4 Å². The van der Waals surface area contributed by atoms with Crippen molar-refractivity contribution in [3.05, 3.63) is 0 Å². The number of likely N-dealkylation sites (N-methyl/N-ethyl adjacent to an activating group) is 1. The highest BCUT2D eigenvalue weighted by molar-refractivity contribution is 6.32. The predicted molar refractivity (Wildman–Crippen MR) is 53.0 cm³/mol. The smallest absolute Gasteiger partial charge is 0.396 e. The van der Waals surface area contributed by atoms with Crippen LogP contribution >= 0.6 is 0 Å². The number of ether oxygens (including phenoxy) is 1. The molecule has 86 valence electrons. The first-order valence-corrected chi connectivity index (χ1v) is 4.64. The fourth-order valence-corrected chi connectivity index (χ4v) is 0.991. The lowest BCUT2D eigenvalue weighted by molar-refractivity contribution is -0.158. The third-order valence-electron chi connectivity index (χ3n) is 1.75. The molecule has 0 aliphatic heterocycles. The number of rotatable bonds is 4. The zero-order chi connectivity index (χ0) is 11.8. The number of esters is 1. The standard InChI is InChI=1S/C9H16N2O4/c1-4-5-11(6-7(12)10-2)8(13)9(14)15-3/h4-6H2,1-3H3,(H,10,12). The summed E-state index contributed by atoms with van der Waals surface area (Å²) < 4.78 is 4.29. The molecule has 0 aromatic carbocycles. The van der Waals surface area contributed by atoms with Crippen LogP contribution in [0.2, 0.25) is 0 Å². The van der Waals surface area contributed by atoms with Gasteiger partial charge in [0.2, 0.25) is 5.91 Å². The van der Waals surface area contributed by atoms with Crippen molar-refractivity contribution in [3.8, 4) is 0 Å². The molecule has 0 aliphatic carbocycles. The van der Waals surface area contributed by atoms with E-state index in [1.54, 1.807) is 0 Å². The highest BCUT2D eigenvalue weighted by atomic mass is 16.5. The molecule has 0 aromatic heterocycles. The second-order valence-electron chi connectivity index (χ2n) is 2.89. The Morgan fingerprint density at radius 3 is 2.33 bits per heavy atom. The molecule has 15 heavy (non-hydrogen) atoms. The van der Waals surface area contributed by atoms with Gasteiger partial charge < -0.3 is 15.0 Å². The molecule has 0 spiro atoms. The molecule has 6 heteroatoms. The average molecular weight is 216 g/mol. The lowest BCUT2D eigenvalue weighted by Crippen LogP contribution is -2.43. The van der Waals surface area contributed by atoms with E-state index in [4.69, 9.17) is 0 Å². The van der Waals surface area contributed by atoms with Gasteiger partial charge in [-0.25, -0.2) is 4.79 Å². The molecule has 0 aromatic rings. The molecule has 6 nitrogen and oxygen atoms in total. The van der Waals surface area contributed by atoms with Gasteiger partial charge in [0, 0.05) is 13.6 Å². The van der Waals surface area contributed by atoms with Crippen LogP contribution in [0.25, 0.3) is 0 Å². The fraction of sp³-hybridized carbons (Fsp3) is 0.667. The van der Waals surface area contributed by atoms with E-state index in [1.807, 2.05) is 6.92 Å². The number of nitrogens with zero attached hydrogens (tertiary/aromatic N) is 1. The van der Waals surface area contributed by atoms with Crippen LogP contribution in [0, 0.1) is 0 Å². The SMILES string of the molecule is CCCN(CC(=O)NC)C(=O)C(=O)OC. The number of methoxy groups -OCH3 is 1. The van der Waals surface area contributed by atoms with Crippen LogP contribution < -0.4 is 5.32 Å². The van der Waals surface area contributed by atoms with Gasteiger partial charge in [0.15, 0.2) is 0 Å². The van der Waals surface area contributed by atoms with Crippen LogP contribution in [-0.4, -0.2) is 49.9 Å². The summed E-state index contributed by atoms with van der Waals surface area (Å²) in [5, 5.41) is 2.38. The first-order chi connectivity index (χ1) is 7.06. The maximum absolute atomic E-state index is 11.4. The highest BCUT2D eigenvalue weighted by Gasteiger charge is 2.23. The van der Waals surface area contributed by atoms with E-state index in [0.717, 1.165) is 12.0 Å². The summed E-state index contributed by atoms with van der Waals surface area (Å²) >= 11 is 0. The van der Waals surface area contributed by atoms with Gasteiger partial charge in [-0.3, -0.25) is 9.59 Å². The Labute approximate surface area is 88.6 Å². The van der Waals surface area contributed by atoms with E-state index in [0.29, 0.717) is 13.0 Å². The minimum absolute atomic E-state index is 0.127. The Balaban J connectivity index is 4.44. The van der Waals surface area contributed by atoms with Crippen molar-refractivity contribution in [3.63, 3.8) is 0 Å². The molecule has 0 radical (unpaired) electrons. The maximum atomic E-state index is 11.4. The summed E-state index contributed by atoms with van der Waals surface area (Å²) in [5.74, 6) is -2.06. The fourth-order valence-electron chi connectivity index (χ4n) is 0.991. The zero-order valence-corrected chi connectivity index (χ0v) is 9.20. The van der Waals surface area contributed by atoms with Crippen LogP contribution in [0.3, 0.4) is 0 Å². The second-order valence-corrected chi connectivity index (χ2v) is 2.89. The van der Waals surface area contributed by atoms with E-state index in [-0.39, 0.29) is 12.5 Å². The topological polar surface area (TPSA) is 75.7 Å². The number of hydrogen-bond donors (Lipinski definition) is 1. The van der Waals surface area contributed by atoms with E-state index >= 15 is 0 Å². The van der Waals surface area contributed by atoms with Gasteiger partial charge in [-0.1, -0.05) is 6.92 Å². The van der Waals surface area contributed by atoms with Gasteiger partial charge in [-0.2, -0.15) is 0 Å². The number of nitrogens with one attached hydrogen (secondary N) is 1. The molecule has 0 saturated carbocycles. The van der Waals surface area contributed by atoms with Gasteiger partial charge in [0.05, 0.1) is 7.11 Å². The maximum Gasteiger partial charge on any atom is 0.396 e. The summed E-state index contributed by atoms with van der Waals surface area (Å²) in [6.07, 6.45) is 0.666. The van der Waals surface area contributed by atoms with Gasteiger partial charge in [0.25, 0.3) is 0 Å². The molecular weight excluding hydrogens is 200 g/mol.